The van der Waals surface area contributed by atoms with E-state index in [4.69, 9.17) is 21.3 Å². The Balaban J connectivity index is 1.41. The molecule has 1 fully saturated rings. The number of hydrogen-bond acceptors (Lipinski definition) is 8. The van der Waals surface area contributed by atoms with Crippen LogP contribution in [0.15, 0.2) is 53.7 Å². The van der Waals surface area contributed by atoms with Gasteiger partial charge in [-0.3, -0.25) is 0 Å². The summed E-state index contributed by atoms with van der Waals surface area (Å²) >= 11 is 6.10. The van der Waals surface area contributed by atoms with Gasteiger partial charge in [-0.25, -0.2) is 9.98 Å². The van der Waals surface area contributed by atoms with Gasteiger partial charge in [0, 0.05) is 61.6 Å². The third-order valence-corrected chi connectivity index (χ3v) is 6.58. The van der Waals surface area contributed by atoms with Gasteiger partial charge in [0.1, 0.15) is 23.1 Å². The van der Waals surface area contributed by atoms with E-state index in [1.165, 1.54) is 0 Å². The summed E-state index contributed by atoms with van der Waals surface area (Å²) in [7, 11) is 1.61. The van der Waals surface area contributed by atoms with Crippen molar-refractivity contribution in [3.63, 3.8) is 0 Å². The molecule has 1 aromatic heterocycles. The minimum absolute atomic E-state index is 0.369. The molecule has 0 unspecified atom stereocenters. The molecule has 35 heavy (non-hydrogen) atoms. The first kappa shape index (κ1) is 21.8. The van der Waals surface area contributed by atoms with Crippen LogP contribution in [0.5, 0.6) is 5.88 Å². The highest BCUT2D eigenvalue weighted by Gasteiger charge is 2.22. The lowest BCUT2D eigenvalue weighted by atomic mass is 10.0. The Morgan fingerprint density at radius 1 is 0.971 bits per heavy atom. The SMILES string of the molecule is COc1nc(N2CCNCC2)ccc1N=c1ncc2cc(-c3ccc(Cl)cc3)c3n(c-2n1)CCN3. The molecule has 0 bridgehead atoms. The van der Waals surface area contributed by atoms with E-state index in [-0.39, 0.29) is 0 Å². The highest BCUT2D eigenvalue weighted by molar-refractivity contribution is 6.30. The van der Waals surface area contributed by atoms with E-state index >= 15 is 0 Å². The molecule has 178 valence electrons. The Morgan fingerprint density at radius 3 is 2.60 bits per heavy atom. The van der Waals surface area contributed by atoms with Crippen LogP contribution in [0.1, 0.15) is 0 Å². The van der Waals surface area contributed by atoms with Gasteiger partial charge in [0.2, 0.25) is 5.88 Å². The first-order chi connectivity index (χ1) is 17.2. The summed E-state index contributed by atoms with van der Waals surface area (Å²) in [5.74, 6) is 3.21. The van der Waals surface area contributed by atoms with Gasteiger partial charge in [-0.1, -0.05) is 23.7 Å². The Morgan fingerprint density at radius 2 is 1.80 bits per heavy atom. The fourth-order valence-electron chi connectivity index (χ4n) is 4.60. The molecule has 0 amide bonds. The van der Waals surface area contributed by atoms with Gasteiger partial charge in [0.15, 0.2) is 0 Å². The maximum atomic E-state index is 6.10. The number of anilines is 2. The van der Waals surface area contributed by atoms with Crippen LogP contribution in [0.4, 0.5) is 17.3 Å². The molecule has 0 radical (unpaired) electrons. The van der Waals surface area contributed by atoms with Crippen LogP contribution in [0.3, 0.4) is 0 Å². The van der Waals surface area contributed by atoms with Crippen molar-refractivity contribution in [3.05, 3.63) is 59.3 Å². The van der Waals surface area contributed by atoms with E-state index in [2.05, 4.69) is 41.1 Å². The zero-order chi connectivity index (χ0) is 23.8. The van der Waals surface area contributed by atoms with Gasteiger partial charge in [-0.05, 0) is 35.9 Å². The second kappa shape index (κ2) is 9.16. The normalized spacial score (nSPS) is 15.8. The quantitative estimate of drug-likeness (QED) is 0.455. The third-order valence-electron chi connectivity index (χ3n) is 6.33. The Bertz CT molecular complexity index is 1410. The number of pyridine rings is 2. The number of halogens is 1. The van der Waals surface area contributed by atoms with Gasteiger partial charge in [-0.2, -0.15) is 9.97 Å². The molecule has 1 aromatic carbocycles. The molecule has 4 aliphatic rings. The molecule has 2 N–H and O–H groups in total. The lowest BCUT2D eigenvalue weighted by Gasteiger charge is -2.28. The number of nitrogens with zero attached hydrogens (tertiary/aromatic N) is 6. The van der Waals surface area contributed by atoms with E-state index in [1.807, 2.05) is 42.6 Å². The standard InChI is InChI=1S/C25H25ClN8O/c1-35-24-20(6-7-21(31-24)33-11-8-27-9-12-33)30-25-29-15-17-14-19(16-2-4-18(26)5-3-16)23-28-10-13-34(23)22(17)32-25/h2-7,14-15,27-28H,8-13H2,1H3. The molecule has 0 aliphatic carbocycles. The zero-order valence-electron chi connectivity index (χ0n) is 19.3. The fourth-order valence-corrected chi connectivity index (χ4v) is 4.73. The maximum absolute atomic E-state index is 6.10. The molecule has 9 nitrogen and oxygen atoms in total. The van der Waals surface area contributed by atoms with Gasteiger partial charge < -0.3 is 24.8 Å². The van der Waals surface area contributed by atoms with E-state index in [0.29, 0.717) is 22.2 Å². The number of rotatable bonds is 4. The van der Waals surface area contributed by atoms with Crippen LogP contribution in [0.2, 0.25) is 5.02 Å². The Labute approximate surface area is 207 Å². The second-order valence-corrected chi connectivity index (χ2v) is 8.92. The molecule has 5 heterocycles. The van der Waals surface area contributed by atoms with E-state index < -0.39 is 0 Å². The summed E-state index contributed by atoms with van der Waals surface area (Å²) in [5.41, 5.74) is 4.09. The van der Waals surface area contributed by atoms with Crippen molar-refractivity contribution in [2.45, 2.75) is 6.54 Å². The molecule has 1 saturated heterocycles. The largest absolute Gasteiger partial charge is 0.479 e. The van der Waals surface area contributed by atoms with E-state index in [9.17, 15) is 0 Å². The van der Waals surface area contributed by atoms with Crippen molar-refractivity contribution in [1.82, 2.24) is 24.8 Å². The predicted molar refractivity (Wildman–Crippen MR) is 137 cm³/mol. The summed E-state index contributed by atoms with van der Waals surface area (Å²) in [6, 6.07) is 13.9. The number of methoxy groups -OCH3 is 1. The fraction of sp³-hybridized carbons (Fsp3) is 0.280. The number of benzene rings is 1. The van der Waals surface area contributed by atoms with Crippen LogP contribution in [0, 0.1) is 0 Å². The molecule has 4 aliphatic heterocycles. The van der Waals surface area contributed by atoms with Crippen LogP contribution in [-0.4, -0.2) is 59.4 Å². The average molecular weight is 489 g/mol. The Kier molecular flexibility index (Phi) is 5.71. The second-order valence-electron chi connectivity index (χ2n) is 8.49. The van der Waals surface area contributed by atoms with Gasteiger partial charge in [0.25, 0.3) is 5.62 Å². The molecule has 0 spiro atoms. The highest BCUT2D eigenvalue weighted by Crippen LogP contribution is 2.37. The number of hydrogen-bond donors (Lipinski definition) is 2. The summed E-state index contributed by atoms with van der Waals surface area (Å²) in [5, 5.41) is 7.57. The number of piperazine rings is 1. The van der Waals surface area contributed by atoms with Crippen LogP contribution in [-0.2, 0) is 6.54 Å². The first-order valence-corrected chi connectivity index (χ1v) is 12.0. The van der Waals surface area contributed by atoms with Gasteiger partial charge in [0.05, 0.1) is 7.11 Å². The molecular weight excluding hydrogens is 464 g/mol. The smallest absolute Gasteiger partial charge is 0.252 e. The zero-order valence-corrected chi connectivity index (χ0v) is 20.1. The molecular formula is C25H25ClN8O. The highest BCUT2D eigenvalue weighted by atomic mass is 35.5. The van der Waals surface area contributed by atoms with Crippen molar-refractivity contribution < 1.29 is 4.74 Å². The lowest BCUT2D eigenvalue weighted by molar-refractivity contribution is 0.398. The molecule has 0 atom stereocenters. The summed E-state index contributed by atoms with van der Waals surface area (Å²) in [6.07, 6.45) is 1.82. The number of nitrogens with one attached hydrogen (secondary N) is 2. The first-order valence-electron chi connectivity index (χ1n) is 11.7. The molecule has 0 saturated carbocycles. The van der Waals surface area contributed by atoms with Crippen molar-refractivity contribution in [1.29, 1.82) is 0 Å². The van der Waals surface area contributed by atoms with Crippen molar-refractivity contribution in [3.8, 4) is 28.4 Å². The van der Waals surface area contributed by atoms with Crippen molar-refractivity contribution in [2.75, 3.05) is 50.1 Å². The minimum Gasteiger partial charge on any atom is -0.479 e. The van der Waals surface area contributed by atoms with Crippen molar-refractivity contribution >= 4 is 28.9 Å². The topological polar surface area (TPSA) is 92.5 Å². The molecule has 2 aromatic rings. The molecule has 10 heteroatoms. The summed E-state index contributed by atoms with van der Waals surface area (Å²) < 4.78 is 7.74. The minimum atomic E-state index is 0.369. The van der Waals surface area contributed by atoms with Crippen LogP contribution in [0.25, 0.3) is 22.5 Å². The van der Waals surface area contributed by atoms with Crippen LogP contribution >= 0.6 is 11.6 Å². The van der Waals surface area contributed by atoms with Crippen molar-refractivity contribution in [2.24, 2.45) is 4.99 Å². The molecule has 6 rings (SSSR count). The number of fused-ring (bicyclic) bond motifs is 3. The third kappa shape index (κ3) is 4.17. The van der Waals surface area contributed by atoms with Gasteiger partial charge in [-0.15, -0.1) is 0 Å². The average Bonchev–Trinajstić information content (AvgIpc) is 3.40. The maximum Gasteiger partial charge on any atom is 0.252 e. The number of ether oxygens (including phenoxy) is 1. The summed E-state index contributed by atoms with van der Waals surface area (Å²) in [4.78, 5) is 20.9. The predicted octanol–water partition coefficient (Wildman–Crippen LogP) is 3.17. The Hall–Kier alpha value is -3.69. The monoisotopic (exact) mass is 488 g/mol. The van der Waals surface area contributed by atoms with Gasteiger partial charge >= 0.3 is 0 Å². The lowest BCUT2D eigenvalue weighted by Crippen LogP contribution is -2.43. The van der Waals surface area contributed by atoms with E-state index in [0.717, 1.165) is 73.4 Å². The number of aromatic nitrogens is 4. The summed E-state index contributed by atoms with van der Waals surface area (Å²) in [6.45, 7) is 5.36. The van der Waals surface area contributed by atoms with Crippen LogP contribution < -0.4 is 25.9 Å². The van der Waals surface area contributed by atoms with E-state index in [1.54, 1.807) is 7.11 Å².